The molecule has 0 unspecified atom stereocenters. The molecule has 0 atom stereocenters. The minimum Gasteiger partial charge on any atom is -0.321 e. The van der Waals surface area contributed by atoms with E-state index in [4.69, 9.17) is 5.73 Å². The van der Waals surface area contributed by atoms with Crippen molar-refractivity contribution in [1.29, 1.82) is 0 Å². The van der Waals surface area contributed by atoms with Crippen LogP contribution in [0.25, 0.3) is 0 Å². The van der Waals surface area contributed by atoms with Crippen LogP contribution in [0.1, 0.15) is 70.4 Å². The highest BCUT2D eigenvalue weighted by molar-refractivity contribution is 5.33. The van der Waals surface area contributed by atoms with Crippen LogP contribution in [0.5, 0.6) is 0 Å². The summed E-state index contributed by atoms with van der Waals surface area (Å²) in [6.45, 7) is 9.06. The lowest BCUT2D eigenvalue weighted by Gasteiger charge is -2.54. The molecule has 1 heteroatoms. The van der Waals surface area contributed by atoms with Crippen LogP contribution in [-0.2, 0) is 5.54 Å². The molecule has 1 aliphatic rings. The Labute approximate surface area is 112 Å². The van der Waals surface area contributed by atoms with E-state index in [1.54, 1.807) is 0 Å². The van der Waals surface area contributed by atoms with Gasteiger partial charge < -0.3 is 5.73 Å². The first-order chi connectivity index (χ1) is 8.45. The van der Waals surface area contributed by atoms with Crippen molar-refractivity contribution in [3.63, 3.8) is 0 Å². The summed E-state index contributed by atoms with van der Waals surface area (Å²) in [6, 6.07) is 8.97. The van der Waals surface area contributed by atoms with E-state index in [2.05, 4.69) is 52.0 Å². The van der Waals surface area contributed by atoms with Crippen molar-refractivity contribution < 1.29 is 0 Å². The Hall–Kier alpha value is -0.820. The van der Waals surface area contributed by atoms with Gasteiger partial charge in [-0.3, -0.25) is 0 Å². The smallest absolute Gasteiger partial charge is 0.0420 e. The molecule has 18 heavy (non-hydrogen) atoms. The summed E-state index contributed by atoms with van der Waals surface area (Å²) in [5.41, 5.74) is 9.74. The molecule has 0 saturated heterocycles. The van der Waals surface area contributed by atoms with Crippen molar-refractivity contribution in [1.82, 2.24) is 0 Å². The zero-order chi connectivity index (χ0) is 13.4. The maximum atomic E-state index is 6.58. The van der Waals surface area contributed by atoms with Crippen LogP contribution in [0.2, 0.25) is 0 Å². The van der Waals surface area contributed by atoms with Crippen LogP contribution in [0.3, 0.4) is 0 Å². The molecule has 2 N–H and O–H groups in total. The predicted molar refractivity (Wildman–Crippen MR) is 78.6 cm³/mol. The van der Waals surface area contributed by atoms with Gasteiger partial charge in [0.05, 0.1) is 0 Å². The van der Waals surface area contributed by atoms with E-state index in [9.17, 15) is 0 Å². The largest absolute Gasteiger partial charge is 0.321 e. The van der Waals surface area contributed by atoms with Crippen LogP contribution in [0, 0.1) is 5.41 Å². The molecule has 100 valence electrons. The lowest BCUT2D eigenvalue weighted by atomic mass is 9.53. The van der Waals surface area contributed by atoms with Crippen molar-refractivity contribution in [3.05, 3.63) is 35.4 Å². The average Bonchev–Trinajstić information content (AvgIpc) is 2.35. The van der Waals surface area contributed by atoms with Crippen molar-refractivity contribution >= 4 is 0 Å². The van der Waals surface area contributed by atoms with Crippen LogP contribution in [-0.4, -0.2) is 0 Å². The van der Waals surface area contributed by atoms with Crippen LogP contribution in [0.15, 0.2) is 24.3 Å². The Balaban J connectivity index is 2.14. The first-order valence-electron chi connectivity index (χ1n) is 7.34. The molecule has 1 nitrogen and oxygen atoms in total. The fraction of sp³-hybridized carbons (Fsp3) is 0.647. The second kappa shape index (κ2) is 4.70. The molecule has 1 fully saturated rings. The molecule has 1 aromatic carbocycles. The molecule has 1 saturated carbocycles. The number of hydrogen-bond donors (Lipinski definition) is 1. The van der Waals surface area contributed by atoms with Gasteiger partial charge in [-0.05, 0) is 35.3 Å². The Kier molecular flexibility index (Phi) is 3.55. The molecule has 2 rings (SSSR count). The van der Waals surface area contributed by atoms with E-state index in [-0.39, 0.29) is 5.54 Å². The lowest BCUT2D eigenvalue weighted by Crippen LogP contribution is -2.55. The molecule has 0 bridgehead atoms. The monoisotopic (exact) mass is 245 g/mol. The van der Waals surface area contributed by atoms with Gasteiger partial charge in [0.15, 0.2) is 0 Å². The maximum absolute atomic E-state index is 6.58. The average molecular weight is 245 g/mol. The van der Waals surface area contributed by atoms with Gasteiger partial charge in [-0.15, -0.1) is 0 Å². The zero-order valence-corrected chi connectivity index (χ0v) is 12.3. The highest BCUT2D eigenvalue weighted by Crippen LogP contribution is 2.56. The van der Waals surface area contributed by atoms with Gasteiger partial charge >= 0.3 is 0 Å². The van der Waals surface area contributed by atoms with Crippen LogP contribution in [0.4, 0.5) is 0 Å². The molecular formula is C17H27N. The van der Waals surface area contributed by atoms with Gasteiger partial charge in [0.25, 0.3) is 0 Å². The molecule has 0 aromatic heterocycles. The molecule has 0 amide bonds. The first-order valence-corrected chi connectivity index (χ1v) is 7.34. The van der Waals surface area contributed by atoms with E-state index < -0.39 is 0 Å². The summed E-state index contributed by atoms with van der Waals surface area (Å²) in [5.74, 6) is 0.597. The summed E-state index contributed by atoms with van der Waals surface area (Å²) in [7, 11) is 0. The fourth-order valence-electron chi connectivity index (χ4n) is 3.44. The summed E-state index contributed by atoms with van der Waals surface area (Å²) >= 11 is 0. The van der Waals surface area contributed by atoms with Crippen LogP contribution < -0.4 is 5.73 Å². The molecule has 0 aliphatic heterocycles. The highest BCUT2D eigenvalue weighted by Gasteiger charge is 2.50. The zero-order valence-electron chi connectivity index (χ0n) is 12.3. The van der Waals surface area contributed by atoms with Gasteiger partial charge in [0, 0.05) is 5.54 Å². The maximum Gasteiger partial charge on any atom is 0.0420 e. The van der Waals surface area contributed by atoms with Crippen molar-refractivity contribution in [2.24, 2.45) is 11.1 Å². The number of hydrogen-bond acceptors (Lipinski definition) is 1. The summed E-state index contributed by atoms with van der Waals surface area (Å²) in [5, 5.41) is 0. The Morgan fingerprint density at radius 1 is 1.06 bits per heavy atom. The highest BCUT2D eigenvalue weighted by atomic mass is 14.8. The van der Waals surface area contributed by atoms with E-state index in [1.807, 2.05) is 0 Å². The van der Waals surface area contributed by atoms with Crippen molar-refractivity contribution in [2.75, 3.05) is 0 Å². The van der Waals surface area contributed by atoms with E-state index in [0.717, 1.165) is 12.8 Å². The number of benzene rings is 1. The summed E-state index contributed by atoms with van der Waals surface area (Å²) in [6.07, 6.45) is 4.81. The minimum atomic E-state index is -0.0679. The van der Waals surface area contributed by atoms with E-state index in [1.165, 1.54) is 24.0 Å². The van der Waals surface area contributed by atoms with Crippen molar-refractivity contribution in [3.8, 4) is 0 Å². The minimum absolute atomic E-state index is 0.0679. The third-order valence-electron chi connectivity index (χ3n) is 5.03. The van der Waals surface area contributed by atoms with Crippen molar-refractivity contribution in [2.45, 2.75) is 64.8 Å². The second-order valence-corrected chi connectivity index (χ2v) is 6.49. The third kappa shape index (κ3) is 2.21. The first kappa shape index (κ1) is 13.6. The molecule has 0 heterocycles. The molecule has 0 radical (unpaired) electrons. The van der Waals surface area contributed by atoms with Crippen LogP contribution >= 0.6 is 0 Å². The standard InChI is InChI=1S/C17H27N/c1-5-16(6-2)11-17(18,12-16)15-9-7-14(8-10-15)13(3)4/h7-10,13H,5-6,11-12,18H2,1-4H3. The number of rotatable bonds is 4. The Morgan fingerprint density at radius 2 is 1.56 bits per heavy atom. The SMILES string of the molecule is CCC1(CC)CC(N)(c2ccc(C(C)C)cc2)C1. The Morgan fingerprint density at radius 3 is 1.94 bits per heavy atom. The molecular weight excluding hydrogens is 218 g/mol. The van der Waals surface area contributed by atoms with E-state index >= 15 is 0 Å². The van der Waals surface area contributed by atoms with Gasteiger partial charge in [0.1, 0.15) is 0 Å². The Bertz CT molecular complexity index is 390. The molecule has 0 spiro atoms. The second-order valence-electron chi connectivity index (χ2n) is 6.49. The van der Waals surface area contributed by atoms with Gasteiger partial charge in [-0.1, -0.05) is 64.8 Å². The topological polar surface area (TPSA) is 26.0 Å². The third-order valence-corrected chi connectivity index (χ3v) is 5.03. The van der Waals surface area contributed by atoms with Gasteiger partial charge in [0.2, 0.25) is 0 Å². The van der Waals surface area contributed by atoms with Gasteiger partial charge in [-0.2, -0.15) is 0 Å². The fourth-order valence-corrected chi connectivity index (χ4v) is 3.44. The molecule has 1 aromatic rings. The predicted octanol–water partition coefficient (Wildman–Crippen LogP) is 4.56. The quantitative estimate of drug-likeness (QED) is 0.826. The number of nitrogens with two attached hydrogens (primary N) is 1. The summed E-state index contributed by atoms with van der Waals surface area (Å²) in [4.78, 5) is 0. The van der Waals surface area contributed by atoms with E-state index in [0.29, 0.717) is 11.3 Å². The lowest BCUT2D eigenvalue weighted by molar-refractivity contribution is 0.0166. The molecule has 1 aliphatic carbocycles. The summed E-state index contributed by atoms with van der Waals surface area (Å²) < 4.78 is 0. The normalized spacial score (nSPS) is 20.8. The van der Waals surface area contributed by atoms with Gasteiger partial charge in [-0.25, -0.2) is 0 Å².